The van der Waals surface area contributed by atoms with Crippen LogP contribution in [0.3, 0.4) is 0 Å². The fourth-order valence-electron chi connectivity index (χ4n) is 0.783. The summed E-state index contributed by atoms with van der Waals surface area (Å²) < 4.78 is 31.3. The van der Waals surface area contributed by atoms with E-state index < -0.39 is 10.4 Å². The fraction of sp³-hybridized carbons (Fsp3) is 0.429. The van der Waals surface area contributed by atoms with Gasteiger partial charge in [0.05, 0.1) is 0 Å². The summed E-state index contributed by atoms with van der Waals surface area (Å²) in [5, 5.41) is 1.00. The van der Waals surface area contributed by atoms with Crippen LogP contribution in [-0.4, -0.2) is 37.5 Å². The summed E-state index contributed by atoms with van der Waals surface area (Å²) in [5.41, 5.74) is 0. The molecule has 15 heavy (non-hydrogen) atoms. The van der Waals surface area contributed by atoms with Gasteiger partial charge in [-0.2, -0.15) is 18.5 Å². The van der Waals surface area contributed by atoms with Gasteiger partial charge >= 0.3 is 10.4 Å². The highest BCUT2D eigenvalue weighted by Gasteiger charge is 2.16. The summed E-state index contributed by atoms with van der Waals surface area (Å²) in [4.78, 5) is 7.55. The Bertz CT molecular complexity index is 432. The fourth-order valence-corrected chi connectivity index (χ4v) is 1.48. The maximum Gasteiger partial charge on any atom is 0.467 e. The highest BCUT2D eigenvalue weighted by molar-refractivity contribution is 7.82. The second kappa shape index (κ2) is 4.51. The second-order valence-electron chi connectivity index (χ2n) is 2.82. The average Bonchev–Trinajstić information content (AvgIpc) is 1.99. The molecule has 0 bridgehead atoms. The maximum atomic E-state index is 11.2. The first-order valence-corrected chi connectivity index (χ1v) is 5.33. The monoisotopic (exact) mass is 233 g/mol. The van der Waals surface area contributed by atoms with Crippen LogP contribution in [0, 0.1) is 6.92 Å². The molecular formula is C7H11N3O4S. The molecule has 0 aliphatic carbocycles. The number of nitrogens with zero attached hydrogens (tertiary/aromatic N) is 3. The lowest BCUT2D eigenvalue weighted by molar-refractivity contribution is -0.00624. The van der Waals surface area contributed by atoms with Gasteiger partial charge in [0.15, 0.2) is 0 Å². The van der Waals surface area contributed by atoms with Gasteiger partial charge < -0.3 is 4.18 Å². The zero-order chi connectivity index (χ0) is 11.5. The van der Waals surface area contributed by atoms with Crippen molar-refractivity contribution < 1.29 is 16.9 Å². The molecule has 0 aliphatic heterocycles. The smallest absolute Gasteiger partial charge is 0.340 e. The first-order chi connectivity index (χ1) is 6.89. The SMILES string of the molecule is Cc1nccc(OS(=O)(=O)ON(C)C)n1. The molecule has 0 saturated carbocycles. The first kappa shape index (κ1) is 11.8. The highest BCUT2D eigenvalue weighted by atomic mass is 32.3. The second-order valence-corrected chi connectivity index (χ2v) is 3.95. The van der Waals surface area contributed by atoms with Crippen LogP contribution < -0.4 is 4.18 Å². The highest BCUT2D eigenvalue weighted by Crippen LogP contribution is 2.09. The van der Waals surface area contributed by atoms with Crippen molar-refractivity contribution in [1.29, 1.82) is 0 Å². The van der Waals surface area contributed by atoms with Gasteiger partial charge in [0.2, 0.25) is 5.88 Å². The van der Waals surface area contributed by atoms with Crippen LogP contribution >= 0.6 is 0 Å². The van der Waals surface area contributed by atoms with Crippen LogP contribution in [0.2, 0.25) is 0 Å². The molecule has 8 heteroatoms. The molecule has 0 unspecified atom stereocenters. The van der Waals surface area contributed by atoms with E-state index in [4.69, 9.17) is 0 Å². The van der Waals surface area contributed by atoms with Gasteiger partial charge in [-0.25, -0.2) is 4.98 Å². The average molecular weight is 233 g/mol. The summed E-state index contributed by atoms with van der Waals surface area (Å²) in [6.45, 7) is 1.62. The third-order valence-electron chi connectivity index (χ3n) is 1.18. The molecule has 0 radical (unpaired) electrons. The van der Waals surface area contributed by atoms with Gasteiger partial charge in [0, 0.05) is 26.4 Å². The lowest BCUT2D eigenvalue weighted by Gasteiger charge is -2.09. The van der Waals surface area contributed by atoms with E-state index >= 15 is 0 Å². The Labute approximate surface area is 87.9 Å². The van der Waals surface area contributed by atoms with Crippen molar-refractivity contribution in [2.75, 3.05) is 14.1 Å². The van der Waals surface area contributed by atoms with Crippen LogP contribution in [0.4, 0.5) is 0 Å². The van der Waals surface area contributed by atoms with Gasteiger partial charge in [-0.15, -0.1) is 4.28 Å². The van der Waals surface area contributed by atoms with Crippen molar-refractivity contribution in [1.82, 2.24) is 15.0 Å². The molecule has 1 aromatic rings. The van der Waals surface area contributed by atoms with Crippen molar-refractivity contribution in [3.8, 4) is 5.88 Å². The molecule has 0 saturated heterocycles. The van der Waals surface area contributed by atoms with E-state index in [0.29, 0.717) is 5.82 Å². The zero-order valence-corrected chi connectivity index (χ0v) is 9.35. The minimum absolute atomic E-state index is 0.0793. The summed E-state index contributed by atoms with van der Waals surface area (Å²) in [7, 11) is -1.27. The lowest BCUT2D eigenvalue weighted by Crippen LogP contribution is -2.23. The van der Waals surface area contributed by atoms with Crippen LogP contribution in [0.15, 0.2) is 12.3 Å². The predicted octanol–water partition coefficient (Wildman–Crippen LogP) is -0.0982. The van der Waals surface area contributed by atoms with Crippen molar-refractivity contribution >= 4 is 10.4 Å². The third kappa shape index (κ3) is 4.19. The van der Waals surface area contributed by atoms with Crippen molar-refractivity contribution in [3.05, 3.63) is 18.1 Å². The number of rotatable bonds is 4. The summed E-state index contributed by atoms with van der Waals surface area (Å²) in [6.07, 6.45) is 1.39. The molecule has 0 fully saturated rings. The molecular weight excluding hydrogens is 222 g/mol. The number of aryl methyl sites for hydroxylation is 1. The van der Waals surface area contributed by atoms with Crippen LogP contribution in [0.1, 0.15) is 5.82 Å². The largest absolute Gasteiger partial charge is 0.467 e. The predicted molar refractivity (Wildman–Crippen MR) is 51.1 cm³/mol. The quantitative estimate of drug-likeness (QED) is 0.672. The molecule has 0 spiro atoms. The topological polar surface area (TPSA) is 81.6 Å². The Balaban J connectivity index is 2.78. The van der Waals surface area contributed by atoms with Crippen molar-refractivity contribution in [2.24, 2.45) is 0 Å². The van der Waals surface area contributed by atoms with Gasteiger partial charge in [0.25, 0.3) is 0 Å². The van der Waals surface area contributed by atoms with Crippen molar-refractivity contribution in [2.45, 2.75) is 6.92 Å². The molecule has 0 N–H and O–H groups in total. The normalized spacial score (nSPS) is 11.7. The van der Waals surface area contributed by atoms with Gasteiger partial charge in [-0.1, -0.05) is 0 Å². The molecule has 0 amide bonds. The van der Waals surface area contributed by atoms with E-state index in [9.17, 15) is 8.42 Å². The third-order valence-corrected chi connectivity index (χ3v) is 2.03. The van der Waals surface area contributed by atoms with E-state index in [1.807, 2.05) is 0 Å². The van der Waals surface area contributed by atoms with E-state index in [0.717, 1.165) is 5.06 Å². The summed E-state index contributed by atoms with van der Waals surface area (Å²) in [5.74, 6) is 0.330. The Hall–Kier alpha value is -1.25. The van der Waals surface area contributed by atoms with Crippen LogP contribution in [0.25, 0.3) is 0 Å². The number of aromatic nitrogens is 2. The molecule has 84 valence electrons. The molecule has 0 aliphatic rings. The first-order valence-electron chi connectivity index (χ1n) is 4.00. The van der Waals surface area contributed by atoms with Gasteiger partial charge in [-0.3, -0.25) is 0 Å². The molecule has 7 nitrogen and oxygen atoms in total. The summed E-state index contributed by atoms with van der Waals surface area (Å²) in [6, 6.07) is 1.32. The number of hydrogen-bond donors (Lipinski definition) is 0. The zero-order valence-electron chi connectivity index (χ0n) is 8.54. The standard InChI is InChI=1S/C7H11N3O4S/c1-6-8-5-4-7(9-6)13-15(11,12)14-10(2)3/h4-5H,1-3H3. The van der Waals surface area contributed by atoms with Crippen LogP contribution in [0.5, 0.6) is 5.88 Å². The molecule has 0 atom stereocenters. The van der Waals surface area contributed by atoms with Gasteiger partial charge in [0.1, 0.15) is 5.82 Å². The number of hydrogen-bond acceptors (Lipinski definition) is 7. The van der Waals surface area contributed by atoms with E-state index in [1.54, 1.807) is 6.92 Å². The Morgan fingerprint density at radius 3 is 2.60 bits per heavy atom. The molecule has 1 aromatic heterocycles. The van der Waals surface area contributed by atoms with E-state index in [-0.39, 0.29) is 5.88 Å². The molecule has 1 heterocycles. The minimum Gasteiger partial charge on any atom is -0.340 e. The maximum absolute atomic E-state index is 11.2. The van der Waals surface area contributed by atoms with Gasteiger partial charge in [-0.05, 0) is 6.92 Å². The molecule has 0 aromatic carbocycles. The molecule has 1 rings (SSSR count). The Morgan fingerprint density at radius 2 is 2.07 bits per heavy atom. The Morgan fingerprint density at radius 1 is 1.40 bits per heavy atom. The Kier molecular flexibility index (Phi) is 3.56. The van der Waals surface area contributed by atoms with Crippen LogP contribution in [-0.2, 0) is 14.7 Å². The van der Waals surface area contributed by atoms with E-state index in [2.05, 4.69) is 18.4 Å². The lowest BCUT2D eigenvalue weighted by atomic mass is 10.6. The van der Waals surface area contributed by atoms with Crippen molar-refractivity contribution in [3.63, 3.8) is 0 Å². The number of hydroxylamine groups is 2. The van der Waals surface area contributed by atoms with E-state index in [1.165, 1.54) is 26.4 Å². The summed E-state index contributed by atoms with van der Waals surface area (Å²) >= 11 is 0. The minimum atomic E-state index is -4.11.